The number of nitrogens with one attached hydrogen (secondary N) is 1. The molecule has 4 aliphatic carbocycles. The molecule has 156 valence electrons. The van der Waals surface area contributed by atoms with Gasteiger partial charge >= 0.3 is 0 Å². The molecule has 5 aliphatic rings. The molecule has 1 unspecified atom stereocenters. The van der Waals surface area contributed by atoms with Crippen molar-refractivity contribution < 1.29 is 14.3 Å². The van der Waals surface area contributed by atoms with Crippen molar-refractivity contribution in [3.8, 4) is 0 Å². The van der Waals surface area contributed by atoms with Crippen molar-refractivity contribution in [3.63, 3.8) is 0 Å². The molecule has 0 radical (unpaired) electrons. The summed E-state index contributed by atoms with van der Waals surface area (Å²) in [6, 6.07) is 7.43. The molecule has 1 aromatic carbocycles. The van der Waals surface area contributed by atoms with Crippen molar-refractivity contribution in [1.82, 2.24) is 4.90 Å². The number of methoxy groups -OCH3 is 1. The molecule has 5 heteroatoms. The summed E-state index contributed by atoms with van der Waals surface area (Å²) in [7, 11) is 1.66. The lowest BCUT2D eigenvalue weighted by Crippen LogP contribution is -2.56. The van der Waals surface area contributed by atoms with Crippen LogP contribution >= 0.6 is 0 Å². The van der Waals surface area contributed by atoms with Gasteiger partial charge in [0.25, 0.3) is 0 Å². The van der Waals surface area contributed by atoms with Crippen molar-refractivity contribution >= 4 is 17.5 Å². The molecule has 6 rings (SSSR count). The fourth-order valence-electron chi connectivity index (χ4n) is 7.09. The van der Waals surface area contributed by atoms with Crippen molar-refractivity contribution in [2.75, 3.05) is 19.0 Å². The zero-order valence-electron chi connectivity index (χ0n) is 17.4. The Bertz CT molecular complexity index is 770. The summed E-state index contributed by atoms with van der Waals surface area (Å²) in [5, 5.41) is 3.05. The number of carbonyl (C=O) groups excluding carboxylic acids is 2. The van der Waals surface area contributed by atoms with Gasteiger partial charge < -0.3 is 15.0 Å². The minimum atomic E-state index is -0.332. The lowest BCUT2D eigenvalue weighted by atomic mass is 9.49. The van der Waals surface area contributed by atoms with E-state index >= 15 is 0 Å². The van der Waals surface area contributed by atoms with Crippen LogP contribution in [0.4, 0.5) is 5.69 Å². The van der Waals surface area contributed by atoms with E-state index in [0.29, 0.717) is 6.61 Å². The standard InChI is InChI=1S/C24H32N2O3/c1-29-15-16-4-2-5-20(11-16)25-22(27)21-6-3-7-26(21)23(28)24-12-17-8-18(13-24)10-19(9-17)14-24/h2,4-5,11,17-19,21H,3,6-10,12-15H2,1H3,(H,25,27). The van der Waals surface area contributed by atoms with Crippen LogP contribution in [0.5, 0.6) is 0 Å². The Labute approximate surface area is 173 Å². The molecule has 1 saturated heterocycles. The maximum atomic E-state index is 13.7. The average Bonchev–Trinajstić information content (AvgIpc) is 3.17. The second kappa shape index (κ2) is 7.42. The molecule has 0 spiro atoms. The highest BCUT2D eigenvalue weighted by molar-refractivity contribution is 5.98. The highest BCUT2D eigenvalue weighted by Crippen LogP contribution is 2.60. The van der Waals surface area contributed by atoms with Crippen LogP contribution in [0.15, 0.2) is 24.3 Å². The number of rotatable bonds is 5. The Kier molecular flexibility index (Phi) is 4.89. The summed E-state index contributed by atoms with van der Waals surface area (Å²) in [6.07, 6.45) is 8.84. The molecule has 0 aromatic heterocycles. The Morgan fingerprint density at radius 1 is 1.14 bits per heavy atom. The quantitative estimate of drug-likeness (QED) is 0.819. The maximum absolute atomic E-state index is 13.7. The second-order valence-corrected chi connectivity index (χ2v) is 9.98. The van der Waals surface area contributed by atoms with Gasteiger partial charge in [-0.3, -0.25) is 9.59 Å². The lowest BCUT2D eigenvalue weighted by Gasteiger charge is -2.56. The molecule has 5 nitrogen and oxygen atoms in total. The minimum absolute atomic E-state index is 0.0462. The average molecular weight is 397 g/mol. The van der Waals surface area contributed by atoms with Crippen LogP contribution in [0.25, 0.3) is 0 Å². The lowest BCUT2D eigenvalue weighted by molar-refractivity contribution is -0.160. The third-order valence-electron chi connectivity index (χ3n) is 7.81. The fourth-order valence-corrected chi connectivity index (χ4v) is 7.09. The number of likely N-dealkylation sites (tertiary alicyclic amines) is 1. The van der Waals surface area contributed by atoms with Crippen LogP contribution in [-0.4, -0.2) is 36.4 Å². The zero-order valence-corrected chi connectivity index (χ0v) is 17.4. The number of amides is 2. The van der Waals surface area contributed by atoms with E-state index in [0.717, 1.165) is 67.7 Å². The molecule has 4 bridgehead atoms. The van der Waals surface area contributed by atoms with Gasteiger partial charge in [-0.1, -0.05) is 12.1 Å². The van der Waals surface area contributed by atoms with Gasteiger partial charge in [0, 0.05) is 19.3 Å². The number of hydrogen-bond acceptors (Lipinski definition) is 3. The largest absolute Gasteiger partial charge is 0.380 e. The Balaban J connectivity index is 1.30. The molecule has 2 amide bonds. The monoisotopic (exact) mass is 396 g/mol. The molecule has 1 N–H and O–H groups in total. The summed E-state index contributed by atoms with van der Waals surface area (Å²) in [5.41, 5.74) is 1.63. The highest BCUT2D eigenvalue weighted by Gasteiger charge is 2.56. The smallest absolute Gasteiger partial charge is 0.247 e. The van der Waals surface area contributed by atoms with Crippen LogP contribution in [0, 0.1) is 23.2 Å². The Morgan fingerprint density at radius 2 is 1.83 bits per heavy atom. The molecule has 5 fully saturated rings. The SMILES string of the molecule is COCc1cccc(NC(=O)C2CCCN2C(=O)C23CC4CC(CC(C4)C2)C3)c1. The van der Waals surface area contributed by atoms with Crippen molar-refractivity contribution in [3.05, 3.63) is 29.8 Å². The summed E-state index contributed by atoms with van der Waals surface area (Å²) in [5.74, 6) is 2.45. The van der Waals surface area contributed by atoms with Gasteiger partial charge in [0.2, 0.25) is 11.8 Å². The number of hydrogen-bond donors (Lipinski definition) is 1. The van der Waals surface area contributed by atoms with Gasteiger partial charge in [-0.15, -0.1) is 0 Å². The number of carbonyl (C=O) groups is 2. The fraction of sp³-hybridized carbons (Fsp3) is 0.667. The van der Waals surface area contributed by atoms with E-state index in [1.165, 1.54) is 19.3 Å². The van der Waals surface area contributed by atoms with Gasteiger partial charge in [0.1, 0.15) is 6.04 Å². The predicted octanol–water partition coefficient (Wildman–Crippen LogP) is 3.98. The first kappa shape index (κ1) is 19.1. The van der Waals surface area contributed by atoms with E-state index in [4.69, 9.17) is 4.74 Å². The number of anilines is 1. The summed E-state index contributed by atoms with van der Waals surface area (Å²) >= 11 is 0. The molecular weight excluding hydrogens is 364 g/mol. The molecule has 1 heterocycles. The number of benzene rings is 1. The second-order valence-electron chi connectivity index (χ2n) is 9.98. The molecule has 29 heavy (non-hydrogen) atoms. The van der Waals surface area contributed by atoms with Crippen LogP contribution in [0.2, 0.25) is 0 Å². The first-order valence-electron chi connectivity index (χ1n) is 11.3. The number of nitrogens with zero attached hydrogens (tertiary/aromatic N) is 1. The van der Waals surface area contributed by atoms with Crippen LogP contribution in [-0.2, 0) is 20.9 Å². The molecule has 1 aromatic rings. The van der Waals surface area contributed by atoms with E-state index in [9.17, 15) is 9.59 Å². The molecule has 1 atom stereocenters. The van der Waals surface area contributed by atoms with Crippen molar-refractivity contribution in [2.45, 2.75) is 64.0 Å². The van der Waals surface area contributed by atoms with E-state index in [1.54, 1.807) is 7.11 Å². The molecule has 1 aliphatic heterocycles. The van der Waals surface area contributed by atoms with Gasteiger partial charge in [0.05, 0.1) is 12.0 Å². The van der Waals surface area contributed by atoms with Crippen molar-refractivity contribution in [2.24, 2.45) is 23.2 Å². The normalized spacial score (nSPS) is 35.1. The van der Waals surface area contributed by atoms with Gasteiger partial charge in [0.15, 0.2) is 0 Å². The zero-order chi connectivity index (χ0) is 20.0. The molecule has 4 saturated carbocycles. The highest BCUT2D eigenvalue weighted by atomic mass is 16.5. The summed E-state index contributed by atoms with van der Waals surface area (Å²) in [4.78, 5) is 28.8. The van der Waals surface area contributed by atoms with Crippen molar-refractivity contribution in [1.29, 1.82) is 0 Å². The first-order chi connectivity index (χ1) is 14.1. The van der Waals surface area contributed by atoms with Crippen LogP contribution < -0.4 is 5.32 Å². The summed E-state index contributed by atoms with van der Waals surface area (Å²) < 4.78 is 5.19. The van der Waals surface area contributed by atoms with Crippen LogP contribution in [0.1, 0.15) is 56.9 Å². The van der Waals surface area contributed by atoms with E-state index < -0.39 is 0 Å². The maximum Gasteiger partial charge on any atom is 0.247 e. The van der Waals surface area contributed by atoms with E-state index in [-0.39, 0.29) is 23.3 Å². The predicted molar refractivity (Wildman–Crippen MR) is 111 cm³/mol. The Morgan fingerprint density at radius 3 is 2.48 bits per heavy atom. The van der Waals surface area contributed by atoms with E-state index in [1.807, 2.05) is 29.2 Å². The van der Waals surface area contributed by atoms with Gasteiger partial charge in [-0.05, 0) is 86.8 Å². The minimum Gasteiger partial charge on any atom is -0.380 e. The topological polar surface area (TPSA) is 58.6 Å². The number of ether oxygens (including phenoxy) is 1. The third kappa shape index (κ3) is 3.48. The summed E-state index contributed by atoms with van der Waals surface area (Å²) in [6.45, 7) is 1.24. The molecular formula is C24H32N2O3. The van der Waals surface area contributed by atoms with E-state index in [2.05, 4.69) is 5.32 Å². The van der Waals surface area contributed by atoms with Crippen LogP contribution in [0.3, 0.4) is 0 Å². The Hall–Kier alpha value is -1.88. The van der Waals surface area contributed by atoms with Gasteiger partial charge in [-0.2, -0.15) is 0 Å². The first-order valence-corrected chi connectivity index (χ1v) is 11.3. The van der Waals surface area contributed by atoms with Gasteiger partial charge in [-0.25, -0.2) is 0 Å². The third-order valence-corrected chi connectivity index (χ3v) is 7.81.